The average molecular weight is 342 g/mol. The first-order valence-corrected chi connectivity index (χ1v) is 8.04. The van der Waals surface area contributed by atoms with Gasteiger partial charge in [-0.05, 0) is 43.7 Å². The Balaban J connectivity index is 2.15. The van der Waals surface area contributed by atoms with Crippen molar-refractivity contribution in [3.63, 3.8) is 0 Å². The Morgan fingerprint density at radius 3 is 2.80 bits per heavy atom. The number of rotatable bonds is 4. The highest BCUT2D eigenvalue weighted by atomic mass is 79.9. The Hall–Kier alpha value is -0.620. The second-order valence-electron chi connectivity index (χ2n) is 5.40. The van der Waals surface area contributed by atoms with Gasteiger partial charge < -0.3 is 15.7 Å². The summed E-state index contributed by atoms with van der Waals surface area (Å²) in [6.07, 6.45) is 1.12. The smallest absolute Gasteiger partial charge is 0.0558 e. The summed E-state index contributed by atoms with van der Waals surface area (Å²) in [5, 5.41) is 9.06. The van der Waals surface area contributed by atoms with Gasteiger partial charge >= 0.3 is 0 Å². The molecule has 0 aromatic heterocycles. The Morgan fingerprint density at radius 2 is 2.10 bits per heavy atom. The lowest BCUT2D eigenvalue weighted by molar-refractivity contribution is 0.204. The third-order valence-corrected chi connectivity index (χ3v) is 4.32. The number of nitrogens with two attached hydrogens (primary N) is 1. The van der Waals surface area contributed by atoms with Crippen LogP contribution >= 0.6 is 15.9 Å². The summed E-state index contributed by atoms with van der Waals surface area (Å²) in [5.41, 5.74) is 8.55. The summed E-state index contributed by atoms with van der Waals surface area (Å²) >= 11 is 3.52. The minimum absolute atomic E-state index is 0.0271. The van der Waals surface area contributed by atoms with E-state index in [2.05, 4.69) is 43.9 Å². The minimum Gasteiger partial charge on any atom is -0.395 e. The number of nitrogens with zero attached hydrogens (tertiary/aromatic N) is 2. The van der Waals surface area contributed by atoms with Crippen molar-refractivity contribution in [2.24, 2.45) is 5.73 Å². The van der Waals surface area contributed by atoms with E-state index in [1.807, 2.05) is 6.92 Å². The summed E-state index contributed by atoms with van der Waals surface area (Å²) in [4.78, 5) is 4.74. The van der Waals surface area contributed by atoms with E-state index in [9.17, 15) is 0 Å². The summed E-state index contributed by atoms with van der Waals surface area (Å²) < 4.78 is 1.07. The zero-order valence-corrected chi connectivity index (χ0v) is 13.6. The molecule has 1 aliphatic heterocycles. The molecule has 1 aromatic carbocycles. The molecule has 1 aliphatic rings. The van der Waals surface area contributed by atoms with E-state index in [1.165, 1.54) is 11.3 Å². The third kappa shape index (κ3) is 3.95. The van der Waals surface area contributed by atoms with Crippen molar-refractivity contribution in [2.45, 2.75) is 19.4 Å². The first-order valence-electron chi connectivity index (χ1n) is 7.25. The Bertz CT molecular complexity index is 439. The van der Waals surface area contributed by atoms with Crippen molar-refractivity contribution in [1.29, 1.82) is 0 Å². The van der Waals surface area contributed by atoms with Gasteiger partial charge in [0.25, 0.3) is 0 Å². The molecule has 0 radical (unpaired) electrons. The van der Waals surface area contributed by atoms with Gasteiger partial charge in [-0.15, -0.1) is 0 Å². The summed E-state index contributed by atoms with van der Waals surface area (Å²) in [6.45, 7) is 7.12. The van der Waals surface area contributed by atoms with Crippen LogP contribution in [0.4, 0.5) is 5.69 Å². The maximum Gasteiger partial charge on any atom is 0.0558 e. The van der Waals surface area contributed by atoms with E-state index in [0.29, 0.717) is 0 Å². The molecule has 1 unspecified atom stereocenters. The van der Waals surface area contributed by atoms with E-state index in [1.54, 1.807) is 0 Å². The molecule has 1 heterocycles. The molecular weight excluding hydrogens is 318 g/mol. The fraction of sp³-hybridized carbons (Fsp3) is 0.600. The van der Waals surface area contributed by atoms with Crippen molar-refractivity contribution in [1.82, 2.24) is 4.90 Å². The number of β-amino-alcohol motifs (C(OH)–C–C–N with tert-alkyl or cyclic N) is 1. The van der Waals surface area contributed by atoms with Crippen LogP contribution in [0.2, 0.25) is 0 Å². The number of hydrogen-bond donors (Lipinski definition) is 2. The van der Waals surface area contributed by atoms with Gasteiger partial charge in [0.05, 0.1) is 6.61 Å². The largest absolute Gasteiger partial charge is 0.395 e. The van der Waals surface area contributed by atoms with Crippen molar-refractivity contribution in [3.8, 4) is 0 Å². The molecule has 3 N–H and O–H groups in total. The molecule has 1 saturated heterocycles. The van der Waals surface area contributed by atoms with Crippen LogP contribution in [0.5, 0.6) is 0 Å². The minimum atomic E-state index is 0.0271. The summed E-state index contributed by atoms with van der Waals surface area (Å²) in [5.74, 6) is 0. The highest BCUT2D eigenvalue weighted by Crippen LogP contribution is 2.29. The average Bonchev–Trinajstić information content (AvgIpc) is 2.65. The molecule has 0 bridgehead atoms. The maximum absolute atomic E-state index is 9.06. The number of aliphatic hydroxyl groups excluding tert-OH is 1. The van der Waals surface area contributed by atoms with Crippen LogP contribution in [0.15, 0.2) is 22.7 Å². The van der Waals surface area contributed by atoms with Gasteiger partial charge in [0.15, 0.2) is 0 Å². The van der Waals surface area contributed by atoms with E-state index >= 15 is 0 Å². The Morgan fingerprint density at radius 1 is 1.30 bits per heavy atom. The fourth-order valence-electron chi connectivity index (χ4n) is 2.75. The number of anilines is 1. The topological polar surface area (TPSA) is 52.7 Å². The second kappa shape index (κ2) is 7.41. The summed E-state index contributed by atoms with van der Waals surface area (Å²) in [6, 6.07) is 6.39. The van der Waals surface area contributed by atoms with Gasteiger partial charge in [-0.3, -0.25) is 4.90 Å². The molecule has 0 spiro atoms. The molecule has 1 fully saturated rings. The first kappa shape index (κ1) is 15.8. The number of halogens is 1. The first-order chi connectivity index (χ1) is 9.61. The SMILES string of the molecule is CC(N)c1cc(Br)ccc1N1CCCN(CCO)CC1. The number of benzene rings is 1. The number of hydrogen-bond acceptors (Lipinski definition) is 4. The maximum atomic E-state index is 9.06. The molecule has 1 atom stereocenters. The predicted molar refractivity (Wildman–Crippen MR) is 87.1 cm³/mol. The number of aliphatic hydroxyl groups is 1. The van der Waals surface area contributed by atoms with Crippen molar-refractivity contribution in [2.75, 3.05) is 44.2 Å². The van der Waals surface area contributed by atoms with Crippen molar-refractivity contribution < 1.29 is 5.11 Å². The second-order valence-corrected chi connectivity index (χ2v) is 6.31. The monoisotopic (exact) mass is 341 g/mol. The molecule has 0 saturated carbocycles. The molecule has 4 nitrogen and oxygen atoms in total. The lowest BCUT2D eigenvalue weighted by Crippen LogP contribution is -2.33. The third-order valence-electron chi connectivity index (χ3n) is 3.83. The zero-order chi connectivity index (χ0) is 14.5. The highest BCUT2D eigenvalue weighted by Gasteiger charge is 2.18. The molecule has 1 aromatic rings. The van der Waals surface area contributed by atoms with Gasteiger partial charge in [-0.25, -0.2) is 0 Å². The van der Waals surface area contributed by atoms with Gasteiger partial charge in [-0.2, -0.15) is 0 Å². The molecular formula is C15H24BrN3O. The van der Waals surface area contributed by atoms with Gasteiger partial charge in [0.2, 0.25) is 0 Å². The van der Waals surface area contributed by atoms with Crippen LogP contribution in [0.1, 0.15) is 24.9 Å². The normalized spacial score (nSPS) is 18.9. The van der Waals surface area contributed by atoms with Crippen LogP contribution in [0, 0.1) is 0 Å². The van der Waals surface area contributed by atoms with Crippen LogP contribution in [-0.4, -0.2) is 49.3 Å². The molecule has 5 heteroatoms. The van der Waals surface area contributed by atoms with Gasteiger partial charge in [0.1, 0.15) is 0 Å². The van der Waals surface area contributed by atoms with Crippen LogP contribution < -0.4 is 10.6 Å². The van der Waals surface area contributed by atoms with E-state index in [0.717, 1.165) is 43.6 Å². The quantitative estimate of drug-likeness (QED) is 0.879. The highest BCUT2D eigenvalue weighted by molar-refractivity contribution is 9.10. The van der Waals surface area contributed by atoms with Crippen LogP contribution in [0.3, 0.4) is 0 Å². The Labute approximate surface area is 129 Å². The van der Waals surface area contributed by atoms with E-state index in [-0.39, 0.29) is 12.6 Å². The molecule has 20 heavy (non-hydrogen) atoms. The van der Waals surface area contributed by atoms with Crippen LogP contribution in [0.25, 0.3) is 0 Å². The zero-order valence-electron chi connectivity index (χ0n) is 12.1. The standard InChI is InChI=1S/C15H24BrN3O/c1-12(17)14-11-13(16)3-4-15(14)19-6-2-5-18(7-8-19)9-10-20/h3-4,11-12,20H,2,5-10,17H2,1H3. The van der Waals surface area contributed by atoms with Crippen molar-refractivity contribution >= 4 is 21.6 Å². The Kier molecular flexibility index (Phi) is 5.84. The molecule has 0 amide bonds. The lowest BCUT2D eigenvalue weighted by Gasteiger charge is -2.27. The predicted octanol–water partition coefficient (Wildman–Crippen LogP) is 1.97. The lowest BCUT2D eigenvalue weighted by atomic mass is 10.1. The van der Waals surface area contributed by atoms with Gasteiger partial charge in [-0.1, -0.05) is 15.9 Å². The molecule has 112 valence electrons. The molecule has 0 aliphatic carbocycles. The molecule has 2 rings (SSSR count). The van der Waals surface area contributed by atoms with Crippen molar-refractivity contribution in [3.05, 3.63) is 28.2 Å². The van der Waals surface area contributed by atoms with E-state index < -0.39 is 0 Å². The summed E-state index contributed by atoms with van der Waals surface area (Å²) in [7, 11) is 0. The fourth-order valence-corrected chi connectivity index (χ4v) is 3.13. The van der Waals surface area contributed by atoms with E-state index in [4.69, 9.17) is 10.8 Å². The van der Waals surface area contributed by atoms with Crippen LogP contribution in [-0.2, 0) is 0 Å². The van der Waals surface area contributed by atoms with Gasteiger partial charge in [0, 0.05) is 42.4 Å².